The second-order valence-electron chi connectivity index (χ2n) is 6.94. The third-order valence-electron chi connectivity index (χ3n) is 5.37. The van der Waals surface area contributed by atoms with Crippen LogP contribution in [0.5, 0.6) is 23.0 Å². The van der Waals surface area contributed by atoms with Crippen molar-refractivity contribution >= 4 is 137 Å². The molecule has 1 spiro atoms. The van der Waals surface area contributed by atoms with E-state index in [1.807, 2.05) is 90.4 Å². The van der Waals surface area contributed by atoms with E-state index in [4.69, 9.17) is 55.9 Å². The quantitative estimate of drug-likeness (QED) is 0.150. The van der Waals surface area contributed by atoms with Crippen LogP contribution < -0.4 is 74.1 Å². The largest absolute Gasteiger partial charge is 1.00 e. The number of fused-ring (bicyclic) bond motifs is 6. The molecule has 2 aliphatic rings. The van der Waals surface area contributed by atoms with Crippen molar-refractivity contribution in [3.63, 3.8) is 0 Å². The molecule has 3 aromatic carbocycles. The zero-order valence-corrected chi connectivity index (χ0v) is 32.7. The number of ether oxygens (including phenoxy) is 2. The summed E-state index contributed by atoms with van der Waals surface area (Å²) >= 11 is 34.0. The summed E-state index contributed by atoms with van der Waals surface area (Å²) in [5.41, 5.74) is 0.989. The summed E-state index contributed by atoms with van der Waals surface area (Å²) in [6, 6.07) is 3.44. The van der Waals surface area contributed by atoms with Crippen molar-refractivity contribution in [3.05, 3.63) is 68.8 Å². The minimum absolute atomic E-state index is 0. The number of benzene rings is 3. The van der Waals surface area contributed by atoms with Gasteiger partial charge in [0, 0.05) is 36.5 Å². The van der Waals surface area contributed by atoms with Crippen LogP contribution in [-0.2, 0) is 16.9 Å². The molecule has 0 N–H and O–H groups in total. The molecule has 2 aliphatic heterocycles. The number of halogens is 8. The predicted molar refractivity (Wildman–Crippen MR) is 154 cm³/mol. The van der Waals surface area contributed by atoms with Gasteiger partial charge in [-0.25, -0.2) is 0 Å². The van der Waals surface area contributed by atoms with Gasteiger partial charge in [-0.15, -0.1) is 0 Å². The second kappa shape index (κ2) is 11.5. The van der Waals surface area contributed by atoms with Crippen molar-refractivity contribution in [2.75, 3.05) is 0 Å². The summed E-state index contributed by atoms with van der Waals surface area (Å²) in [5, 5.41) is 26.2. The second-order valence-corrected chi connectivity index (χ2v) is 12.9. The Hall–Kier alpha value is 3.10. The topological polar surface area (TPSA) is 64.6 Å². The zero-order valence-electron chi connectivity index (χ0n) is 17.0. The number of hydrogen-bond donors (Lipinski definition) is 0. The molecule has 4 nitrogen and oxygen atoms in total. The summed E-state index contributed by atoms with van der Waals surface area (Å²) < 4.78 is 14.4. The van der Waals surface area contributed by atoms with E-state index in [0.717, 1.165) is 0 Å². The molecule has 0 aromatic heterocycles. The van der Waals surface area contributed by atoms with Gasteiger partial charge in [-0.3, -0.25) is 0 Å². The van der Waals surface area contributed by atoms with Gasteiger partial charge in [-0.05, 0) is 102 Å². The number of rotatable bonds is 0. The van der Waals surface area contributed by atoms with E-state index in [1.54, 1.807) is 12.1 Å². The van der Waals surface area contributed by atoms with Gasteiger partial charge in [-0.1, -0.05) is 57.9 Å². The molecule has 0 saturated carbocycles. The molecular weight excluding hydrogens is 1000 g/mol. The Balaban J connectivity index is 0.00000162. The van der Waals surface area contributed by atoms with Crippen LogP contribution in [0, 0.1) is 14.3 Å². The monoisotopic (exact) mass is 1000 g/mol. The third kappa shape index (κ3) is 4.51. The van der Waals surface area contributed by atoms with Crippen LogP contribution in [0.25, 0.3) is 0 Å². The standard InChI is InChI=1S/C20H6Cl4I4O4.2Na/c21-10-4-3-31-20(9(4)11(22)13(24)12(10)23)5-1-7(25)16(29)14(27)18(5)32-19-6(20)2-8(26)17(30)15(19)28;;/h1-2,29-30H,3H2;;/q;2*+1/p-2. The van der Waals surface area contributed by atoms with E-state index < -0.39 is 5.60 Å². The molecule has 0 bridgehead atoms. The van der Waals surface area contributed by atoms with Crippen molar-refractivity contribution in [2.45, 2.75) is 12.2 Å². The molecular formula is C20H4Cl4I4Na2O4. The first-order chi connectivity index (χ1) is 15.0. The van der Waals surface area contributed by atoms with Gasteiger partial charge >= 0.3 is 59.1 Å². The predicted octanol–water partition coefficient (Wildman–Crippen LogP) is 1.80. The average Bonchev–Trinajstić information content (AvgIpc) is 3.16. The Labute approximate surface area is 313 Å². The Morgan fingerprint density at radius 3 is 1.65 bits per heavy atom. The maximum absolute atomic E-state index is 12.7. The molecule has 166 valence electrons. The van der Waals surface area contributed by atoms with E-state index >= 15 is 0 Å². The van der Waals surface area contributed by atoms with E-state index in [-0.39, 0.29) is 97.3 Å². The Morgan fingerprint density at radius 2 is 1.18 bits per heavy atom. The molecule has 0 fully saturated rings. The first kappa shape index (κ1) is 31.6. The van der Waals surface area contributed by atoms with Crippen LogP contribution in [-0.4, -0.2) is 0 Å². The summed E-state index contributed by atoms with van der Waals surface area (Å²) in [6.07, 6.45) is 0. The Kier molecular flexibility index (Phi) is 10.7. The van der Waals surface area contributed by atoms with Gasteiger partial charge in [0.05, 0.1) is 26.7 Å². The molecule has 0 saturated heterocycles. The molecule has 5 rings (SSSR count). The molecule has 14 heteroatoms. The maximum Gasteiger partial charge on any atom is 1.00 e. The molecule has 0 atom stereocenters. The first-order valence-corrected chi connectivity index (χ1v) is 14.4. The minimum Gasteiger partial charge on any atom is -0.871 e. The molecule has 0 amide bonds. The van der Waals surface area contributed by atoms with Crippen molar-refractivity contribution in [1.29, 1.82) is 0 Å². The van der Waals surface area contributed by atoms with E-state index in [1.165, 1.54) is 0 Å². The maximum atomic E-state index is 12.7. The first-order valence-electron chi connectivity index (χ1n) is 8.58. The van der Waals surface area contributed by atoms with Crippen molar-refractivity contribution in [3.8, 4) is 23.0 Å². The fourth-order valence-corrected chi connectivity index (χ4v) is 8.65. The van der Waals surface area contributed by atoms with E-state index in [0.29, 0.717) is 48.0 Å². The van der Waals surface area contributed by atoms with Crippen molar-refractivity contribution in [1.82, 2.24) is 0 Å². The molecule has 0 radical (unpaired) electrons. The van der Waals surface area contributed by atoms with E-state index in [9.17, 15) is 10.2 Å². The molecule has 3 aromatic rings. The smallest absolute Gasteiger partial charge is 0.871 e. The molecule has 0 unspecified atom stereocenters. The number of hydrogen-bond acceptors (Lipinski definition) is 4. The SMILES string of the molecule is [Na+].[Na+].[O-]c1c(I)cc2c(c1I)Oc1c(cc(I)c([O-])c1I)C21OCc2c(Cl)c(Cl)c(Cl)c(Cl)c21. The zero-order chi connectivity index (χ0) is 23.3. The summed E-state index contributed by atoms with van der Waals surface area (Å²) in [7, 11) is 0. The fourth-order valence-electron chi connectivity index (χ4n) is 3.99. The summed E-state index contributed by atoms with van der Waals surface area (Å²) in [5.74, 6) is 0.270. The van der Waals surface area contributed by atoms with Crippen LogP contribution in [0.4, 0.5) is 0 Å². The van der Waals surface area contributed by atoms with Gasteiger partial charge < -0.3 is 19.7 Å². The summed E-state index contributed by atoms with van der Waals surface area (Å²) in [6.45, 7) is 0.0994. The van der Waals surface area contributed by atoms with Crippen LogP contribution in [0.15, 0.2) is 12.1 Å². The van der Waals surface area contributed by atoms with Gasteiger partial charge in [0.1, 0.15) is 11.5 Å². The van der Waals surface area contributed by atoms with Crippen molar-refractivity contribution < 1.29 is 78.8 Å². The van der Waals surface area contributed by atoms with Crippen LogP contribution in [0.3, 0.4) is 0 Å². The van der Waals surface area contributed by atoms with E-state index in [2.05, 4.69) is 0 Å². The van der Waals surface area contributed by atoms with Gasteiger partial charge in [-0.2, -0.15) is 0 Å². The average molecular weight is 1000 g/mol. The Morgan fingerprint density at radius 1 is 0.735 bits per heavy atom. The molecule has 0 aliphatic carbocycles. The van der Waals surface area contributed by atoms with Crippen LogP contribution in [0.1, 0.15) is 22.3 Å². The van der Waals surface area contributed by atoms with Crippen LogP contribution >= 0.6 is 137 Å². The van der Waals surface area contributed by atoms with Crippen LogP contribution in [0.2, 0.25) is 20.1 Å². The molecule has 2 heterocycles. The minimum atomic E-state index is -1.30. The summed E-state index contributed by atoms with van der Waals surface area (Å²) in [4.78, 5) is 0. The van der Waals surface area contributed by atoms with Gasteiger partial charge in [0.15, 0.2) is 5.60 Å². The third-order valence-corrected chi connectivity index (χ3v) is 10.8. The molecule has 34 heavy (non-hydrogen) atoms. The Bertz CT molecular complexity index is 1330. The van der Waals surface area contributed by atoms with Crippen molar-refractivity contribution in [2.24, 2.45) is 0 Å². The van der Waals surface area contributed by atoms with Gasteiger partial charge in [0.2, 0.25) is 0 Å². The normalized spacial score (nSPS) is 14.5. The van der Waals surface area contributed by atoms with Gasteiger partial charge in [0.25, 0.3) is 0 Å². The fraction of sp³-hybridized carbons (Fsp3) is 0.100.